The van der Waals surface area contributed by atoms with Crippen LogP contribution in [0.5, 0.6) is 0 Å². The van der Waals surface area contributed by atoms with Crippen molar-refractivity contribution in [2.75, 3.05) is 31.1 Å². The van der Waals surface area contributed by atoms with Gasteiger partial charge >= 0.3 is 6.09 Å². The average Bonchev–Trinajstić information content (AvgIpc) is 3.07. The third kappa shape index (κ3) is 5.18. The summed E-state index contributed by atoms with van der Waals surface area (Å²) < 4.78 is 5.59. The fourth-order valence-electron chi connectivity index (χ4n) is 4.12. The lowest BCUT2D eigenvalue weighted by Crippen LogP contribution is -2.40. The first-order valence-corrected chi connectivity index (χ1v) is 11.0. The maximum absolute atomic E-state index is 12.3. The standard InChI is InChI=1S/C22H23Cl3N2O2/c23-17-1-4-19(5-2-17)27-14-20(29-22(27)28)13-26-9-7-15(8-10-26)11-16-12-18(24)3-6-21(16)25/h1-6,12,15,20H,7-11,13-14H2. The van der Waals surface area contributed by atoms with Gasteiger partial charge in [-0.15, -0.1) is 0 Å². The van der Waals surface area contributed by atoms with E-state index in [4.69, 9.17) is 39.5 Å². The van der Waals surface area contributed by atoms with Crippen LogP contribution >= 0.6 is 34.8 Å². The van der Waals surface area contributed by atoms with Gasteiger partial charge < -0.3 is 4.74 Å². The van der Waals surface area contributed by atoms with Gasteiger partial charge in [-0.1, -0.05) is 34.8 Å². The number of amides is 1. The molecule has 0 radical (unpaired) electrons. The normalized spacial score (nSPS) is 20.9. The zero-order valence-electron chi connectivity index (χ0n) is 16.0. The number of hydrogen-bond donors (Lipinski definition) is 0. The summed E-state index contributed by atoms with van der Waals surface area (Å²) in [6, 6.07) is 12.9. The first-order chi connectivity index (χ1) is 14.0. The van der Waals surface area contributed by atoms with Crippen molar-refractivity contribution in [3.63, 3.8) is 0 Å². The molecule has 4 rings (SSSR count). The second kappa shape index (κ2) is 9.13. The molecule has 154 valence electrons. The Morgan fingerprint density at radius 3 is 2.38 bits per heavy atom. The number of ether oxygens (including phenoxy) is 1. The van der Waals surface area contributed by atoms with Gasteiger partial charge in [-0.2, -0.15) is 0 Å². The topological polar surface area (TPSA) is 32.8 Å². The minimum atomic E-state index is -0.289. The van der Waals surface area contributed by atoms with Gasteiger partial charge in [0.2, 0.25) is 0 Å². The molecule has 7 heteroatoms. The highest BCUT2D eigenvalue weighted by Gasteiger charge is 2.34. The number of carbonyl (C=O) groups is 1. The molecule has 1 amide bonds. The predicted molar refractivity (Wildman–Crippen MR) is 118 cm³/mol. The van der Waals surface area contributed by atoms with Gasteiger partial charge in [-0.25, -0.2) is 4.79 Å². The molecule has 0 N–H and O–H groups in total. The molecule has 2 aromatic carbocycles. The lowest BCUT2D eigenvalue weighted by atomic mass is 9.90. The Labute approximate surface area is 186 Å². The molecule has 0 bridgehead atoms. The smallest absolute Gasteiger partial charge is 0.414 e. The molecule has 2 saturated heterocycles. The van der Waals surface area contributed by atoms with Crippen LogP contribution in [0.25, 0.3) is 0 Å². The van der Waals surface area contributed by atoms with E-state index in [2.05, 4.69) is 4.90 Å². The maximum atomic E-state index is 12.3. The van der Waals surface area contributed by atoms with Crippen molar-refractivity contribution in [2.24, 2.45) is 5.92 Å². The molecule has 29 heavy (non-hydrogen) atoms. The molecule has 2 aliphatic rings. The molecular weight excluding hydrogens is 431 g/mol. The van der Waals surface area contributed by atoms with Crippen LogP contribution in [0, 0.1) is 5.92 Å². The van der Waals surface area contributed by atoms with Crippen molar-refractivity contribution < 1.29 is 9.53 Å². The third-order valence-corrected chi connectivity index (χ3v) is 6.55. The van der Waals surface area contributed by atoms with E-state index in [0.717, 1.165) is 60.2 Å². The van der Waals surface area contributed by atoms with Crippen LogP contribution in [0.2, 0.25) is 15.1 Å². The van der Waals surface area contributed by atoms with E-state index < -0.39 is 0 Å². The van der Waals surface area contributed by atoms with Crippen LogP contribution in [0.1, 0.15) is 18.4 Å². The molecule has 0 spiro atoms. The van der Waals surface area contributed by atoms with Crippen molar-refractivity contribution >= 4 is 46.6 Å². The van der Waals surface area contributed by atoms with E-state index in [1.807, 2.05) is 30.3 Å². The lowest BCUT2D eigenvalue weighted by Gasteiger charge is -2.33. The second-order valence-corrected chi connectivity index (χ2v) is 9.06. The fraction of sp³-hybridized carbons (Fsp3) is 0.409. The summed E-state index contributed by atoms with van der Waals surface area (Å²) in [5.41, 5.74) is 1.94. The van der Waals surface area contributed by atoms with Gasteiger partial charge in [-0.05, 0) is 86.3 Å². The lowest BCUT2D eigenvalue weighted by molar-refractivity contribution is 0.0914. The number of hydrogen-bond acceptors (Lipinski definition) is 3. The minimum Gasteiger partial charge on any atom is -0.443 e. The number of cyclic esters (lactones) is 1. The van der Waals surface area contributed by atoms with Gasteiger partial charge in [0, 0.05) is 27.3 Å². The average molecular weight is 454 g/mol. The summed E-state index contributed by atoms with van der Waals surface area (Å²) in [5.74, 6) is 0.596. The van der Waals surface area contributed by atoms with Crippen molar-refractivity contribution in [3.05, 3.63) is 63.1 Å². The number of carbonyl (C=O) groups excluding carboxylic acids is 1. The highest BCUT2D eigenvalue weighted by molar-refractivity contribution is 6.33. The van der Waals surface area contributed by atoms with Crippen LogP contribution in [0.4, 0.5) is 10.5 Å². The van der Waals surface area contributed by atoms with Crippen molar-refractivity contribution in [1.82, 2.24) is 4.90 Å². The SMILES string of the molecule is O=C1OC(CN2CCC(Cc3cc(Cl)ccc3Cl)CC2)CN1c1ccc(Cl)cc1. The van der Waals surface area contributed by atoms with Gasteiger partial charge in [0.15, 0.2) is 0 Å². The van der Waals surface area contributed by atoms with Crippen LogP contribution in [-0.4, -0.2) is 43.3 Å². The maximum Gasteiger partial charge on any atom is 0.414 e. The zero-order valence-corrected chi connectivity index (χ0v) is 18.3. The number of halogens is 3. The number of benzene rings is 2. The van der Waals surface area contributed by atoms with Gasteiger partial charge in [0.25, 0.3) is 0 Å². The Hall–Kier alpha value is -1.46. The van der Waals surface area contributed by atoms with Crippen molar-refractivity contribution in [1.29, 1.82) is 0 Å². The zero-order chi connectivity index (χ0) is 20.4. The Morgan fingerprint density at radius 1 is 0.966 bits per heavy atom. The van der Waals surface area contributed by atoms with Gasteiger partial charge in [-0.3, -0.25) is 9.80 Å². The summed E-state index contributed by atoms with van der Waals surface area (Å²) in [6.07, 6.45) is 2.75. The molecule has 1 unspecified atom stereocenters. The molecule has 1 atom stereocenters. The molecular formula is C22H23Cl3N2O2. The highest BCUT2D eigenvalue weighted by Crippen LogP contribution is 2.29. The molecule has 2 aromatic rings. The largest absolute Gasteiger partial charge is 0.443 e. The van der Waals surface area contributed by atoms with Crippen LogP contribution in [0.3, 0.4) is 0 Å². The van der Waals surface area contributed by atoms with E-state index in [-0.39, 0.29) is 12.2 Å². The molecule has 0 saturated carbocycles. The number of anilines is 1. The highest BCUT2D eigenvalue weighted by atomic mass is 35.5. The number of piperidine rings is 1. The quantitative estimate of drug-likeness (QED) is 0.563. The minimum absolute atomic E-state index is 0.114. The number of rotatable bonds is 5. The van der Waals surface area contributed by atoms with E-state index >= 15 is 0 Å². The Morgan fingerprint density at radius 2 is 1.66 bits per heavy atom. The molecule has 0 aliphatic carbocycles. The van der Waals surface area contributed by atoms with Crippen LogP contribution < -0.4 is 4.90 Å². The number of likely N-dealkylation sites (tertiary alicyclic amines) is 1. The molecule has 2 fully saturated rings. The summed E-state index contributed by atoms with van der Waals surface area (Å²) >= 11 is 18.4. The van der Waals surface area contributed by atoms with E-state index in [1.165, 1.54) is 0 Å². The summed E-state index contributed by atoms with van der Waals surface area (Å²) in [4.78, 5) is 16.3. The summed E-state index contributed by atoms with van der Waals surface area (Å²) in [6.45, 7) is 3.33. The van der Waals surface area contributed by atoms with Crippen LogP contribution in [0.15, 0.2) is 42.5 Å². The Balaban J connectivity index is 1.27. The summed E-state index contributed by atoms with van der Waals surface area (Å²) in [5, 5.41) is 2.17. The van der Waals surface area contributed by atoms with Crippen LogP contribution in [-0.2, 0) is 11.2 Å². The molecule has 0 aromatic heterocycles. The fourth-order valence-corrected chi connectivity index (χ4v) is 4.64. The molecule has 2 heterocycles. The van der Waals surface area contributed by atoms with Gasteiger partial charge in [0.05, 0.1) is 6.54 Å². The summed E-state index contributed by atoms with van der Waals surface area (Å²) in [7, 11) is 0. The molecule has 2 aliphatic heterocycles. The third-order valence-electron chi connectivity index (χ3n) is 5.70. The van der Waals surface area contributed by atoms with E-state index in [1.54, 1.807) is 17.0 Å². The van der Waals surface area contributed by atoms with Crippen molar-refractivity contribution in [3.8, 4) is 0 Å². The van der Waals surface area contributed by atoms with E-state index in [9.17, 15) is 4.79 Å². The Kier molecular flexibility index (Phi) is 6.55. The molecule has 4 nitrogen and oxygen atoms in total. The van der Waals surface area contributed by atoms with E-state index in [0.29, 0.717) is 17.5 Å². The monoisotopic (exact) mass is 452 g/mol. The Bertz CT molecular complexity index is 867. The predicted octanol–water partition coefficient (Wildman–Crippen LogP) is 5.93. The first-order valence-electron chi connectivity index (χ1n) is 9.88. The van der Waals surface area contributed by atoms with Gasteiger partial charge in [0.1, 0.15) is 6.10 Å². The second-order valence-electron chi connectivity index (χ2n) is 7.78. The first kappa shape index (κ1) is 20.8. The number of nitrogens with zero attached hydrogens (tertiary/aromatic N) is 2. The van der Waals surface area contributed by atoms with Crippen molar-refractivity contribution in [2.45, 2.75) is 25.4 Å².